The van der Waals surface area contributed by atoms with Crippen LogP contribution in [-0.4, -0.2) is 19.0 Å². The molecule has 0 spiro atoms. The fourth-order valence-corrected chi connectivity index (χ4v) is 2.01. The van der Waals surface area contributed by atoms with Crippen molar-refractivity contribution < 1.29 is 9.18 Å². The highest BCUT2D eigenvalue weighted by atomic mass is 19.1. The van der Waals surface area contributed by atoms with E-state index >= 15 is 0 Å². The van der Waals surface area contributed by atoms with Crippen LogP contribution in [0.4, 0.5) is 15.8 Å². The van der Waals surface area contributed by atoms with Crippen LogP contribution < -0.4 is 16.4 Å². The van der Waals surface area contributed by atoms with Crippen molar-refractivity contribution in [2.45, 2.75) is 6.42 Å². The number of hydrogen-bond donors (Lipinski definition) is 2. The molecular weight excluding hydrogens is 209 g/mol. The lowest BCUT2D eigenvalue weighted by Gasteiger charge is -2.18. The average Bonchev–Trinajstić information content (AvgIpc) is 2.64. The molecule has 4 N–H and O–H groups in total. The lowest BCUT2D eigenvalue weighted by atomic mass is 10.1. The number of nitrogens with two attached hydrogens (primary N) is 2. The summed E-state index contributed by atoms with van der Waals surface area (Å²) in [6, 6.07) is 4.39. The molecule has 5 heteroatoms. The zero-order valence-corrected chi connectivity index (χ0v) is 8.82. The van der Waals surface area contributed by atoms with Gasteiger partial charge in [-0.2, -0.15) is 0 Å². The Bertz CT molecular complexity index is 401. The molecule has 1 aromatic carbocycles. The number of nitrogen functional groups attached to an aromatic ring is 1. The second-order valence-electron chi connectivity index (χ2n) is 4.08. The highest BCUT2D eigenvalue weighted by Crippen LogP contribution is 2.26. The second-order valence-corrected chi connectivity index (χ2v) is 4.08. The topological polar surface area (TPSA) is 72.4 Å². The maximum Gasteiger partial charge on any atom is 0.222 e. The Balaban J connectivity index is 2.17. The minimum Gasteiger partial charge on any atom is -0.399 e. The van der Waals surface area contributed by atoms with E-state index in [-0.39, 0.29) is 17.6 Å². The summed E-state index contributed by atoms with van der Waals surface area (Å²) in [5.41, 5.74) is 11.9. The molecule has 1 saturated heterocycles. The third-order valence-electron chi connectivity index (χ3n) is 2.86. The molecule has 2 rings (SSSR count). The van der Waals surface area contributed by atoms with Gasteiger partial charge in [0.25, 0.3) is 0 Å². The maximum atomic E-state index is 13.1. The summed E-state index contributed by atoms with van der Waals surface area (Å²) in [5, 5.41) is 0. The third-order valence-corrected chi connectivity index (χ3v) is 2.86. The van der Waals surface area contributed by atoms with E-state index in [1.54, 1.807) is 6.07 Å². The van der Waals surface area contributed by atoms with Gasteiger partial charge in [-0.25, -0.2) is 4.39 Å². The van der Waals surface area contributed by atoms with E-state index in [1.165, 1.54) is 12.1 Å². The predicted molar refractivity (Wildman–Crippen MR) is 60.3 cm³/mol. The summed E-state index contributed by atoms with van der Waals surface area (Å²) in [7, 11) is 0. The summed E-state index contributed by atoms with van der Waals surface area (Å²) in [5.74, 6) is -0.811. The number of carbonyl (C=O) groups is 1. The van der Waals surface area contributed by atoms with Gasteiger partial charge in [-0.1, -0.05) is 0 Å². The smallest absolute Gasteiger partial charge is 0.222 e. The zero-order valence-electron chi connectivity index (χ0n) is 8.82. The SMILES string of the molecule is NC(=O)C1CCN(c2cc(N)cc(F)c2)C1. The first kappa shape index (κ1) is 10.7. The number of nitrogens with zero attached hydrogens (tertiary/aromatic N) is 1. The van der Waals surface area contributed by atoms with Gasteiger partial charge >= 0.3 is 0 Å². The van der Waals surface area contributed by atoms with Crippen molar-refractivity contribution in [3.8, 4) is 0 Å². The van der Waals surface area contributed by atoms with Crippen molar-refractivity contribution in [3.05, 3.63) is 24.0 Å². The summed E-state index contributed by atoms with van der Waals surface area (Å²) in [6.07, 6.45) is 0.714. The van der Waals surface area contributed by atoms with Crippen LogP contribution in [0, 0.1) is 11.7 Å². The Kier molecular flexibility index (Phi) is 2.68. The first-order valence-corrected chi connectivity index (χ1v) is 5.16. The van der Waals surface area contributed by atoms with Crippen molar-refractivity contribution in [3.63, 3.8) is 0 Å². The number of rotatable bonds is 2. The molecule has 86 valence electrons. The third kappa shape index (κ3) is 2.08. The number of anilines is 2. The fourth-order valence-electron chi connectivity index (χ4n) is 2.01. The summed E-state index contributed by atoms with van der Waals surface area (Å²) in [4.78, 5) is 12.9. The Hall–Kier alpha value is -1.78. The molecule has 1 atom stereocenters. The minimum atomic E-state index is -0.363. The first-order valence-electron chi connectivity index (χ1n) is 5.16. The monoisotopic (exact) mass is 223 g/mol. The minimum absolute atomic E-state index is 0.149. The van der Waals surface area contributed by atoms with Crippen molar-refractivity contribution in [1.29, 1.82) is 0 Å². The van der Waals surface area contributed by atoms with Crippen molar-refractivity contribution >= 4 is 17.3 Å². The van der Waals surface area contributed by atoms with Gasteiger partial charge in [-0.05, 0) is 24.6 Å². The molecule has 1 unspecified atom stereocenters. The molecule has 0 saturated carbocycles. The molecule has 4 nitrogen and oxygen atoms in total. The van der Waals surface area contributed by atoms with Crippen LogP contribution >= 0.6 is 0 Å². The standard InChI is InChI=1S/C11H14FN3O/c12-8-3-9(13)5-10(4-8)15-2-1-7(6-15)11(14)16/h3-5,7H,1-2,6,13H2,(H2,14,16). The summed E-state index contributed by atoms with van der Waals surface area (Å²) >= 11 is 0. The second kappa shape index (κ2) is 4.00. The molecule has 1 fully saturated rings. The molecule has 1 aromatic rings. The number of amides is 1. The Morgan fingerprint density at radius 3 is 2.75 bits per heavy atom. The highest BCUT2D eigenvalue weighted by molar-refractivity contribution is 5.78. The van der Waals surface area contributed by atoms with Gasteiger partial charge < -0.3 is 16.4 Å². The summed E-state index contributed by atoms with van der Waals surface area (Å²) in [6.45, 7) is 1.24. The number of benzene rings is 1. The molecule has 0 bridgehead atoms. The summed E-state index contributed by atoms with van der Waals surface area (Å²) < 4.78 is 13.1. The number of carbonyl (C=O) groups excluding carboxylic acids is 1. The van der Waals surface area contributed by atoms with E-state index in [9.17, 15) is 9.18 Å². The van der Waals surface area contributed by atoms with E-state index < -0.39 is 0 Å². The van der Waals surface area contributed by atoms with Gasteiger partial charge in [0.1, 0.15) is 5.82 Å². The van der Waals surface area contributed by atoms with Crippen LogP contribution in [0.3, 0.4) is 0 Å². The predicted octanol–water partition coefficient (Wildman–Crippen LogP) is 0.719. The van der Waals surface area contributed by atoms with Crippen LogP contribution in [0.15, 0.2) is 18.2 Å². The number of halogens is 1. The first-order chi connectivity index (χ1) is 7.56. The van der Waals surface area contributed by atoms with Crippen LogP contribution in [0.25, 0.3) is 0 Å². The van der Waals surface area contributed by atoms with Crippen molar-refractivity contribution in [2.24, 2.45) is 11.7 Å². The van der Waals surface area contributed by atoms with Crippen molar-refractivity contribution in [1.82, 2.24) is 0 Å². The van der Waals surface area contributed by atoms with Gasteiger partial charge in [-0.3, -0.25) is 4.79 Å². The fraction of sp³-hybridized carbons (Fsp3) is 0.364. The Labute approximate surface area is 93.0 Å². The Morgan fingerprint density at radius 2 is 2.19 bits per heavy atom. The molecule has 1 aliphatic rings. The molecule has 1 amide bonds. The molecule has 1 aliphatic heterocycles. The van der Waals surface area contributed by atoms with Crippen LogP contribution in [0.1, 0.15) is 6.42 Å². The Morgan fingerprint density at radius 1 is 1.44 bits per heavy atom. The van der Waals surface area contributed by atoms with E-state index in [1.807, 2.05) is 4.90 Å². The van der Waals surface area contributed by atoms with E-state index in [0.29, 0.717) is 30.9 Å². The lowest BCUT2D eigenvalue weighted by molar-refractivity contribution is -0.121. The number of hydrogen-bond acceptors (Lipinski definition) is 3. The van der Waals surface area contributed by atoms with Crippen molar-refractivity contribution in [2.75, 3.05) is 23.7 Å². The molecular formula is C11H14FN3O. The van der Waals surface area contributed by atoms with Crippen LogP contribution in [0.5, 0.6) is 0 Å². The normalized spacial score (nSPS) is 20.1. The van der Waals surface area contributed by atoms with E-state index in [0.717, 1.165) is 0 Å². The van der Waals surface area contributed by atoms with E-state index in [4.69, 9.17) is 11.5 Å². The molecule has 0 radical (unpaired) electrons. The van der Waals surface area contributed by atoms with Crippen LogP contribution in [-0.2, 0) is 4.79 Å². The van der Waals surface area contributed by atoms with Gasteiger partial charge in [0.15, 0.2) is 0 Å². The number of primary amides is 1. The molecule has 1 heterocycles. The zero-order chi connectivity index (χ0) is 11.7. The van der Waals surface area contributed by atoms with Gasteiger partial charge in [0.05, 0.1) is 5.92 Å². The molecule has 0 aromatic heterocycles. The van der Waals surface area contributed by atoms with Gasteiger partial charge in [-0.15, -0.1) is 0 Å². The van der Waals surface area contributed by atoms with Crippen LogP contribution in [0.2, 0.25) is 0 Å². The molecule has 0 aliphatic carbocycles. The molecule has 16 heavy (non-hydrogen) atoms. The average molecular weight is 223 g/mol. The van der Waals surface area contributed by atoms with E-state index in [2.05, 4.69) is 0 Å². The quantitative estimate of drug-likeness (QED) is 0.725. The lowest BCUT2D eigenvalue weighted by Crippen LogP contribution is -2.27. The van der Waals surface area contributed by atoms with Gasteiger partial charge in [0.2, 0.25) is 5.91 Å². The van der Waals surface area contributed by atoms with Gasteiger partial charge in [0, 0.05) is 24.5 Å². The highest BCUT2D eigenvalue weighted by Gasteiger charge is 2.26. The largest absolute Gasteiger partial charge is 0.399 e. The maximum absolute atomic E-state index is 13.1.